The fourth-order valence-corrected chi connectivity index (χ4v) is 2.70. The van der Waals surface area contributed by atoms with Gasteiger partial charge in [-0.05, 0) is 38.1 Å². The number of rotatable bonds is 3. The first kappa shape index (κ1) is 12.2. The van der Waals surface area contributed by atoms with Gasteiger partial charge in [0.15, 0.2) is 0 Å². The van der Waals surface area contributed by atoms with Crippen LogP contribution >= 0.6 is 0 Å². The average molecular weight is 257 g/mol. The normalized spacial score (nSPS) is 16.5. The van der Waals surface area contributed by atoms with Crippen LogP contribution in [0, 0.1) is 0 Å². The maximum absolute atomic E-state index is 5.29. The highest BCUT2D eigenvalue weighted by atomic mass is 16.5. The first-order valence-corrected chi connectivity index (χ1v) is 6.76. The highest BCUT2D eigenvalue weighted by molar-refractivity contribution is 5.40. The van der Waals surface area contributed by atoms with Gasteiger partial charge in [0.25, 0.3) is 0 Å². The summed E-state index contributed by atoms with van der Waals surface area (Å²) in [5.41, 5.74) is 2.42. The molecule has 0 amide bonds. The van der Waals surface area contributed by atoms with E-state index in [9.17, 15) is 0 Å². The van der Waals surface area contributed by atoms with Gasteiger partial charge in [-0.2, -0.15) is 0 Å². The van der Waals surface area contributed by atoms with Crippen LogP contribution < -0.4 is 10.1 Å². The lowest BCUT2D eigenvalue weighted by atomic mass is 9.95. The Morgan fingerprint density at radius 1 is 1.32 bits per heavy atom. The zero-order valence-corrected chi connectivity index (χ0v) is 11.2. The average Bonchev–Trinajstić information content (AvgIpc) is 2.98. The Kier molecular flexibility index (Phi) is 3.51. The van der Waals surface area contributed by atoms with Crippen LogP contribution in [0.2, 0.25) is 0 Å². The second kappa shape index (κ2) is 5.45. The molecule has 19 heavy (non-hydrogen) atoms. The molecule has 4 heteroatoms. The summed E-state index contributed by atoms with van der Waals surface area (Å²) in [7, 11) is 1.70. The van der Waals surface area contributed by atoms with Gasteiger partial charge in [0.05, 0.1) is 19.1 Å². The third kappa shape index (κ3) is 2.49. The smallest absolute Gasteiger partial charge is 0.120 e. The molecule has 1 aliphatic rings. The molecule has 1 aromatic heterocycles. The number of methoxy groups -OCH3 is 1. The monoisotopic (exact) mass is 257 g/mol. The summed E-state index contributed by atoms with van der Waals surface area (Å²) >= 11 is 0. The van der Waals surface area contributed by atoms with E-state index >= 15 is 0 Å². The lowest BCUT2D eigenvalue weighted by Gasteiger charge is -2.23. The van der Waals surface area contributed by atoms with E-state index in [1.54, 1.807) is 7.11 Å². The number of hydrogen-bond acceptors (Lipinski definition) is 3. The van der Waals surface area contributed by atoms with Gasteiger partial charge >= 0.3 is 0 Å². The molecular formula is C15H19N3O. The van der Waals surface area contributed by atoms with Crippen LogP contribution in [0.15, 0.2) is 36.8 Å². The van der Waals surface area contributed by atoms with Crippen LogP contribution in [0.3, 0.4) is 0 Å². The molecule has 3 rings (SSSR count). The van der Waals surface area contributed by atoms with Crippen molar-refractivity contribution in [2.24, 2.45) is 0 Å². The Hall–Kier alpha value is -1.81. The quantitative estimate of drug-likeness (QED) is 0.917. The standard InChI is InChI=1S/C15H19N3O/c1-19-14-4-2-3-13(9-14)18-11-17-10-15(18)12-5-7-16-8-6-12/h2-4,9-12,16H,5-8H2,1H3. The fourth-order valence-electron chi connectivity index (χ4n) is 2.70. The molecule has 1 fully saturated rings. The van der Waals surface area contributed by atoms with Gasteiger partial charge in [-0.3, -0.25) is 0 Å². The Labute approximate surface area is 113 Å². The molecule has 1 aliphatic heterocycles. The third-order valence-electron chi connectivity index (χ3n) is 3.76. The Balaban J connectivity index is 1.94. The van der Waals surface area contributed by atoms with E-state index in [0.717, 1.165) is 24.5 Å². The summed E-state index contributed by atoms with van der Waals surface area (Å²) in [4.78, 5) is 4.33. The zero-order chi connectivity index (χ0) is 13.1. The number of nitrogens with zero attached hydrogens (tertiary/aromatic N) is 2. The molecule has 2 aromatic rings. The summed E-state index contributed by atoms with van der Waals surface area (Å²) in [6, 6.07) is 8.12. The molecule has 1 N–H and O–H groups in total. The second-order valence-corrected chi connectivity index (χ2v) is 4.91. The van der Waals surface area contributed by atoms with Crippen molar-refractivity contribution in [2.75, 3.05) is 20.2 Å². The van der Waals surface area contributed by atoms with Crippen molar-refractivity contribution in [2.45, 2.75) is 18.8 Å². The van der Waals surface area contributed by atoms with Gasteiger partial charge in [-0.15, -0.1) is 0 Å². The van der Waals surface area contributed by atoms with Crippen LogP contribution in [-0.2, 0) is 0 Å². The number of piperidine rings is 1. The molecule has 0 radical (unpaired) electrons. The van der Waals surface area contributed by atoms with Crippen molar-refractivity contribution >= 4 is 0 Å². The Morgan fingerprint density at radius 2 is 2.16 bits per heavy atom. The van der Waals surface area contributed by atoms with E-state index in [-0.39, 0.29) is 0 Å². The lowest BCUT2D eigenvalue weighted by Crippen LogP contribution is -2.27. The Bertz CT molecular complexity index is 544. The number of nitrogens with one attached hydrogen (secondary N) is 1. The van der Waals surface area contributed by atoms with Crippen LogP contribution in [0.4, 0.5) is 0 Å². The molecule has 1 saturated heterocycles. The largest absolute Gasteiger partial charge is 0.497 e. The van der Waals surface area contributed by atoms with E-state index in [1.807, 2.05) is 30.7 Å². The minimum atomic E-state index is 0.593. The topological polar surface area (TPSA) is 39.1 Å². The molecule has 0 aliphatic carbocycles. The maximum Gasteiger partial charge on any atom is 0.120 e. The predicted octanol–water partition coefficient (Wildman–Crippen LogP) is 2.35. The molecule has 1 aromatic carbocycles. The van der Waals surface area contributed by atoms with E-state index in [2.05, 4.69) is 20.9 Å². The molecule has 4 nitrogen and oxygen atoms in total. The van der Waals surface area contributed by atoms with Crippen molar-refractivity contribution in [3.8, 4) is 11.4 Å². The zero-order valence-electron chi connectivity index (χ0n) is 11.2. The van der Waals surface area contributed by atoms with E-state index in [1.165, 1.54) is 18.5 Å². The molecule has 100 valence electrons. The number of imidazole rings is 1. The van der Waals surface area contributed by atoms with E-state index in [0.29, 0.717) is 5.92 Å². The molecule has 0 atom stereocenters. The van der Waals surface area contributed by atoms with Crippen molar-refractivity contribution in [1.82, 2.24) is 14.9 Å². The van der Waals surface area contributed by atoms with Gasteiger partial charge in [0, 0.05) is 23.9 Å². The molecule has 0 bridgehead atoms. The maximum atomic E-state index is 5.29. The number of ether oxygens (including phenoxy) is 1. The Morgan fingerprint density at radius 3 is 2.95 bits per heavy atom. The summed E-state index contributed by atoms with van der Waals surface area (Å²) in [5, 5.41) is 3.40. The van der Waals surface area contributed by atoms with Gasteiger partial charge in [-0.1, -0.05) is 6.07 Å². The van der Waals surface area contributed by atoms with Gasteiger partial charge in [0.1, 0.15) is 5.75 Å². The minimum absolute atomic E-state index is 0.593. The summed E-state index contributed by atoms with van der Waals surface area (Å²) in [5.74, 6) is 1.47. The van der Waals surface area contributed by atoms with Crippen LogP contribution in [0.1, 0.15) is 24.5 Å². The molecule has 0 unspecified atom stereocenters. The molecule has 0 saturated carbocycles. The third-order valence-corrected chi connectivity index (χ3v) is 3.76. The highest BCUT2D eigenvalue weighted by Gasteiger charge is 2.19. The summed E-state index contributed by atoms with van der Waals surface area (Å²) < 4.78 is 7.47. The van der Waals surface area contributed by atoms with Crippen LogP contribution in [0.5, 0.6) is 5.75 Å². The second-order valence-electron chi connectivity index (χ2n) is 4.91. The number of benzene rings is 1. The lowest BCUT2D eigenvalue weighted by molar-refractivity contribution is 0.414. The number of hydrogen-bond donors (Lipinski definition) is 1. The van der Waals surface area contributed by atoms with E-state index in [4.69, 9.17) is 4.74 Å². The van der Waals surface area contributed by atoms with Crippen molar-refractivity contribution in [3.63, 3.8) is 0 Å². The molecule has 0 spiro atoms. The van der Waals surface area contributed by atoms with E-state index < -0.39 is 0 Å². The summed E-state index contributed by atoms with van der Waals surface area (Å²) in [6.07, 6.45) is 6.24. The van der Waals surface area contributed by atoms with Crippen LogP contribution in [-0.4, -0.2) is 29.8 Å². The summed E-state index contributed by atoms with van der Waals surface area (Å²) in [6.45, 7) is 2.18. The van der Waals surface area contributed by atoms with Crippen molar-refractivity contribution in [1.29, 1.82) is 0 Å². The van der Waals surface area contributed by atoms with Crippen LogP contribution in [0.25, 0.3) is 5.69 Å². The van der Waals surface area contributed by atoms with Crippen molar-refractivity contribution < 1.29 is 4.74 Å². The fraction of sp³-hybridized carbons (Fsp3) is 0.400. The molecular weight excluding hydrogens is 238 g/mol. The first-order valence-electron chi connectivity index (χ1n) is 6.76. The number of aromatic nitrogens is 2. The SMILES string of the molecule is COc1cccc(-n2cncc2C2CCNCC2)c1. The predicted molar refractivity (Wildman–Crippen MR) is 75.0 cm³/mol. The van der Waals surface area contributed by atoms with Gasteiger partial charge in [-0.25, -0.2) is 4.98 Å². The van der Waals surface area contributed by atoms with Gasteiger partial charge < -0.3 is 14.6 Å². The first-order chi connectivity index (χ1) is 9.38. The van der Waals surface area contributed by atoms with Gasteiger partial charge in [0.2, 0.25) is 0 Å². The molecule has 2 heterocycles. The highest BCUT2D eigenvalue weighted by Crippen LogP contribution is 2.27. The van der Waals surface area contributed by atoms with Crippen molar-refractivity contribution in [3.05, 3.63) is 42.5 Å². The minimum Gasteiger partial charge on any atom is -0.497 e.